The highest BCUT2D eigenvalue weighted by atomic mass is 32.2. The lowest BCUT2D eigenvalue weighted by Crippen LogP contribution is -2.52. The van der Waals surface area contributed by atoms with E-state index in [0.717, 1.165) is 19.5 Å². The van der Waals surface area contributed by atoms with Gasteiger partial charge in [0.05, 0.1) is 7.11 Å². The second kappa shape index (κ2) is 7.06. The van der Waals surface area contributed by atoms with Crippen LogP contribution in [0.1, 0.15) is 28.3 Å². The van der Waals surface area contributed by atoms with Gasteiger partial charge in [-0.1, -0.05) is 0 Å². The molecule has 140 valence electrons. The first-order valence-electron chi connectivity index (χ1n) is 8.49. The van der Waals surface area contributed by atoms with E-state index < -0.39 is 16.0 Å². The number of nitrogens with one attached hydrogen (secondary N) is 1. The standard InChI is InChI=1S/C16H25N3O5S/c1-11-14(16(20)23-3)15(12(2)24-11)25(21,22)19-8-6-18(7-9-19)13-4-5-17-10-13/h13,17H,4-10H2,1-3H3. The van der Waals surface area contributed by atoms with Crippen LogP contribution in [0.15, 0.2) is 9.31 Å². The molecule has 0 saturated carbocycles. The summed E-state index contributed by atoms with van der Waals surface area (Å²) in [6, 6.07) is 0.480. The molecule has 2 fully saturated rings. The molecule has 25 heavy (non-hydrogen) atoms. The Balaban J connectivity index is 1.82. The van der Waals surface area contributed by atoms with E-state index >= 15 is 0 Å². The molecule has 8 nitrogen and oxygen atoms in total. The van der Waals surface area contributed by atoms with Gasteiger partial charge in [0.2, 0.25) is 10.0 Å². The normalized spacial score (nSPS) is 23.1. The Kier molecular flexibility index (Phi) is 5.19. The first kappa shape index (κ1) is 18.4. The van der Waals surface area contributed by atoms with E-state index in [0.29, 0.717) is 32.2 Å². The van der Waals surface area contributed by atoms with Gasteiger partial charge in [-0.2, -0.15) is 4.31 Å². The van der Waals surface area contributed by atoms with Crippen LogP contribution in [0.5, 0.6) is 0 Å². The molecule has 3 heterocycles. The Hall–Kier alpha value is -1.42. The molecule has 0 spiro atoms. The van der Waals surface area contributed by atoms with Crippen molar-refractivity contribution in [3.63, 3.8) is 0 Å². The van der Waals surface area contributed by atoms with Crippen LogP contribution in [0.25, 0.3) is 0 Å². The molecule has 2 aliphatic rings. The molecule has 1 aromatic rings. The van der Waals surface area contributed by atoms with E-state index in [1.807, 2.05) is 0 Å². The number of methoxy groups -OCH3 is 1. The summed E-state index contributed by atoms with van der Waals surface area (Å²) in [7, 11) is -2.58. The van der Waals surface area contributed by atoms with Crippen molar-refractivity contribution in [1.82, 2.24) is 14.5 Å². The van der Waals surface area contributed by atoms with E-state index in [-0.39, 0.29) is 22.0 Å². The summed E-state index contributed by atoms with van der Waals surface area (Å²) < 4.78 is 37.8. The summed E-state index contributed by atoms with van der Waals surface area (Å²) in [5, 5.41) is 3.34. The van der Waals surface area contributed by atoms with Gasteiger partial charge < -0.3 is 14.5 Å². The Bertz CT molecular complexity index is 744. The number of hydrogen-bond acceptors (Lipinski definition) is 7. The number of aryl methyl sites for hydroxylation is 2. The van der Waals surface area contributed by atoms with E-state index in [1.54, 1.807) is 13.8 Å². The van der Waals surface area contributed by atoms with Crippen molar-refractivity contribution in [1.29, 1.82) is 0 Å². The Morgan fingerprint density at radius 2 is 1.88 bits per heavy atom. The van der Waals surface area contributed by atoms with E-state index in [1.165, 1.54) is 11.4 Å². The van der Waals surface area contributed by atoms with E-state index in [9.17, 15) is 13.2 Å². The fourth-order valence-corrected chi connectivity index (χ4v) is 5.49. The fraction of sp³-hybridized carbons (Fsp3) is 0.688. The zero-order chi connectivity index (χ0) is 18.2. The SMILES string of the molecule is COC(=O)c1c(C)oc(C)c1S(=O)(=O)N1CCN(C2CCNC2)CC1. The third-order valence-electron chi connectivity index (χ3n) is 5.02. The number of hydrogen-bond donors (Lipinski definition) is 1. The van der Waals surface area contributed by atoms with Gasteiger partial charge in [0.1, 0.15) is 22.0 Å². The lowest BCUT2D eigenvalue weighted by atomic mass is 10.2. The van der Waals surface area contributed by atoms with Gasteiger partial charge in [0.15, 0.2) is 0 Å². The molecule has 1 N–H and O–H groups in total. The summed E-state index contributed by atoms with van der Waals surface area (Å²) >= 11 is 0. The summed E-state index contributed by atoms with van der Waals surface area (Å²) in [4.78, 5) is 14.3. The second-order valence-electron chi connectivity index (χ2n) is 6.50. The van der Waals surface area contributed by atoms with Gasteiger partial charge >= 0.3 is 5.97 Å². The smallest absolute Gasteiger partial charge is 0.342 e. The maximum absolute atomic E-state index is 13.1. The number of piperazine rings is 1. The predicted octanol–water partition coefficient (Wildman–Crippen LogP) is 0.351. The van der Waals surface area contributed by atoms with Gasteiger partial charge in [0, 0.05) is 38.8 Å². The van der Waals surface area contributed by atoms with Crippen molar-refractivity contribution in [2.45, 2.75) is 31.2 Å². The van der Waals surface area contributed by atoms with Crippen molar-refractivity contribution >= 4 is 16.0 Å². The Labute approximate surface area is 148 Å². The largest absolute Gasteiger partial charge is 0.465 e. The zero-order valence-electron chi connectivity index (χ0n) is 14.9. The molecule has 1 unspecified atom stereocenters. The van der Waals surface area contributed by atoms with Crippen LogP contribution in [0.3, 0.4) is 0 Å². The minimum Gasteiger partial charge on any atom is -0.465 e. The summed E-state index contributed by atoms with van der Waals surface area (Å²) in [5.74, 6) is -0.206. The monoisotopic (exact) mass is 371 g/mol. The zero-order valence-corrected chi connectivity index (χ0v) is 15.7. The van der Waals surface area contributed by atoms with Crippen LogP contribution in [0.4, 0.5) is 0 Å². The molecule has 0 radical (unpaired) electrons. The Morgan fingerprint density at radius 1 is 1.20 bits per heavy atom. The molecule has 2 saturated heterocycles. The number of carbonyl (C=O) groups is 1. The molecule has 1 aromatic heterocycles. The molecular formula is C16H25N3O5S. The maximum atomic E-state index is 13.1. The number of carbonyl (C=O) groups excluding carboxylic acids is 1. The van der Waals surface area contributed by atoms with Crippen molar-refractivity contribution in [3.05, 3.63) is 17.1 Å². The molecule has 0 aromatic carbocycles. The van der Waals surface area contributed by atoms with Crippen molar-refractivity contribution in [2.75, 3.05) is 46.4 Å². The minimum atomic E-state index is -3.81. The molecule has 0 aliphatic carbocycles. The first-order chi connectivity index (χ1) is 11.9. The number of nitrogens with zero attached hydrogens (tertiary/aromatic N) is 2. The van der Waals surface area contributed by atoms with E-state index in [4.69, 9.17) is 9.15 Å². The van der Waals surface area contributed by atoms with E-state index in [2.05, 4.69) is 10.2 Å². The molecular weight excluding hydrogens is 346 g/mol. The fourth-order valence-electron chi connectivity index (χ4n) is 3.70. The number of furan rings is 1. The van der Waals surface area contributed by atoms with Gasteiger partial charge in [-0.3, -0.25) is 4.90 Å². The Morgan fingerprint density at radius 3 is 2.44 bits per heavy atom. The number of sulfonamides is 1. The van der Waals surface area contributed by atoms with Gasteiger partial charge in [0.25, 0.3) is 0 Å². The molecule has 0 bridgehead atoms. The van der Waals surface area contributed by atoms with Crippen LogP contribution in [0.2, 0.25) is 0 Å². The third kappa shape index (κ3) is 3.33. The number of rotatable bonds is 4. The first-order valence-corrected chi connectivity index (χ1v) is 9.93. The van der Waals surface area contributed by atoms with Crippen molar-refractivity contribution in [3.8, 4) is 0 Å². The summed E-state index contributed by atoms with van der Waals surface area (Å²) in [6.07, 6.45) is 1.10. The number of esters is 1. The second-order valence-corrected chi connectivity index (χ2v) is 8.37. The highest BCUT2D eigenvalue weighted by molar-refractivity contribution is 7.89. The van der Waals surface area contributed by atoms with Crippen LogP contribution in [-0.2, 0) is 14.8 Å². The third-order valence-corrected chi connectivity index (χ3v) is 7.07. The van der Waals surface area contributed by atoms with Crippen LogP contribution < -0.4 is 5.32 Å². The lowest BCUT2D eigenvalue weighted by molar-refractivity contribution is 0.0594. The van der Waals surface area contributed by atoms with Gasteiger partial charge in [-0.25, -0.2) is 13.2 Å². The average molecular weight is 371 g/mol. The van der Waals surface area contributed by atoms with Crippen molar-refractivity contribution in [2.24, 2.45) is 0 Å². The van der Waals surface area contributed by atoms with Gasteiger partial charge in [-0.15, -0.1) is 0 Å². The quantitative estimate of drug-likeness (QED) is 0.764. The lowest BCUT2D eigenvalue weighted by Gasteiger charge is -2.37. The van der Waals surface area contributed by atoms with Gasteiger partial charge in [-0.05, 0) is 26.8 Å². The summed E-state index contributed by atoms with van der Waals surface area (Å²) in [5.41, 5.74) is 0.00224. The number of ether oxygens (including phenoxy) is 1. The van der Waals surface area contributed by atoms with Crippen LogP contribution in [0, 0.1) is 13.8 Å². The molecule has 2 aliphatic heterocycles. The van der Waals surface area contributed by atoms with Crippen LogP contribution in [-0.4, -0.2) is 76.0 Å². The minimum absolute atomic E-state index is 0.00224. The molecule has 3 rings (SSSR count). The summed E-state index contributed by atoms with van der Waals surface area (Å²) in [6.45, 7) is 7.30. The molecule has 0 amide bonds. The average Bonchev–Trinajstić information content (AvgIpc) is 3.22. The van der Waals surface area contributed by atoms with Crippen LogP contribution >= 0.6 is 0 Å². The highest BCUT2D eigenvalue weighted by Gasteiger charge is 2.38. The topological polar surface area (TPSA) is 92.1 Å². The molecule has 9 heteroatoms. The predicted molar refractivity (Wildman–Crippen MR) is 91.1 cm³/mol. The highest BCUT2D eigenvalue weighted by Crippen LogP contribution is 2.30. The van der Waals surface area contributed by atoms with Crippen molar-refractivity contribution < 1.29 is 22.4 Å². The molecule has 1 atom stereocenters. The maximum Gasteiger partial charge on any atom is 0.342 e.